The molecule has 3 N–H and O–H groups in total. The van der Waals surface area contributed by atoms with Crippen LogP contribution in [-0.2, 0) is 10.0 Å². The highest BCUT2D eigenvalue weighted by molar-refractivity contribution is 7.92. The van der Waals surface area contributed by atoms with Crippen molar-refractivity contribution in [1.29, 1.82) is 0 Å². The van der Waals surface area contributed by atoms with E-state index in [1.165, 1.54) is 19.1 Å². The van der Waals surface area contributed by atoms with Gasteiger partial charge in [0.2, 0.25) is 0 Å². The zero-order valence-electron chi connectivity index (χ0n) is 11.1. The van der Waals surface area contributed by atoms with Crippen molar-refractivity contribution < 1.29 is 22.7 Å². The first kappa shape index (κ1) is 15.0. The lowest BCUT2D eigenvalue weighted by Crippen LogP contribution is -2.17. The number of carboxylic acids is 1. The van der Waals surface area contributed by atoms with Crippen LogP contribution in [0.2, 0.25) is 0 Å². The van der Waals surface area contributed by atoms with E-state index in [0.29, 0.717) is 5.56 Å². The van der Waals surface area contributed by atoms with Gasteiger partial charge in [-0.15, -0.1) is 0 Å². The van der Waals surface area contributed by atoms with Gasteiger partial charge in [-0.05, 0) is 31.5 Å². The SMILES string of the molecule is Cc1ccc(NS(=O)(=O)c2c(C(=O)O)n[nH]c2C)c(F)c1. The maximum atomic E-state index is 13.7. The molecule has 0 spiro atoms. The van der Waals surface area contributed by atoms with Crippen LogP contribution in [0.1, 0.15) is 21.7 Å². The Bertz CT molecular complexity index is 814. The van der Waals surface area contributed by atoms with Crippen molar-refractivity contribution >= 4 is 21.7 Å². The first-order valence-electron chi connectivity index (χ1n) is 5.79. The molecule has 9 heteroatoms. The number of benzene rings is 1. The van der Waals surface area contributed by atoms with Crippen molar-refractivity contribution in [3.05, 3.63) is 41.0 Å². The third-order valence-electron chi connectivity index (χ3n) is 2.73. The Kier molecular flexibility index (Phi) is 3.69. The molecule has 0 aliphatic carbocycles. The number of carboxylic acid groups (broad SMARTS) is 1. The average molecular weight is 313 g/mol. The van der Waals surface area contributed by atoms with E-state index in [2.05, 4.69) is 10.2 Å². The van der Waals surface area contributed by atoms with Crippen molar-refractivity contribution in [3.63, 3.8) is 0 Å². The molecule has 1 heterocycles. The second-order valence-electron chi connectivity index (χ2n) is 4.42. The van der Waals surface area contributed by atoms with E-state index >= 15 is 0 Å². The molecule has 0 radical (unpaired) electrons. The summed E-state index contributed by atoms with van der Waals surface area (Å²) in [6.45, 7) is 3.02. The average Bonchev–Trinajstić information content (AvgIpc) is 2.76. The summed E-state index contributed by atoms with van der Waals surface area (Å²) in [5.74, 6) is -2.25. The number of aryl methyl sites for hydroxylation is 2. The lowest BCUT2D eigenvalue weighted by Gasteiger charge is -2.09. The number of H-pyrrole nitrogens is 1. The van der Waals surface area contributed by atoms with Gasteiger partial charge in [-0.3, -0.25) is 9.82 Å². The van der Waals surface area contributed by atoms with E-state index in [-0.39, 0.29) is 11.4 Å². The molecule has 0 amide bonds. The fraction of sp³-hybridized carbons (Fsp3) is 0.167. The van der Waals surface area contributed by atoms with Crippen LogP contribution in [0.5, 0.6) is 0 Å². The summed E-state index contributed by atoms with van der Waals surface area (Å²) in [5, 5.41) is 14.7. The Balaban J connectivity index is 2.48. The molecule has 2 aromatic rings. The Morgan fingerprint density at radius 3 is 2.62 bits per heavy atom. The predicted molar refractivity (Wildman–Crippen MR) is 72.2 cm³/mol. The van der Waals surface area contributed by atoms with Crippen LogP contribution >= 0.6 is 0 Å². The predicted octanol–water partition coefficient (Wildman–Crippen LogP) is 1.66. The summed E-state index contributed by atoms with van der Waals surface area (Å²) < 4.78 is 40.2. The van der Waals surface area contributed by atoms with Crippen LogP contribution in [0.3, 0.4) is 0 Å². The van der Waals surface area contributed by atoms with Crippen molar-refractivity contribution in [1.82, 2.24) is 10.2 Å². The summed E-state index contributed by atoms with van der Waals surface area (Å²) in [4.78, 5) is 10.5. The van der Waals surface area contributed by atoms with Gasteiger partial charge in [0.25, 0.3) is 10.0 Å². The van der Waals surface area contributed by atoms with Gasteiger partial charge in [-0.1, -0.05) is 6.07 Å². The number of rotatable bonds is 4. The minimum atomic E-state index is -4.28. The highest BCUT2D eigenvalue weighted by Crippen LogP contribution is 2.23. The van der Waals surface area contributed by atoms with Crippen LogP contribution in [0.15, 0.2) is 23.1 Å². The molecule has 1 aromatic carbocycles. The monoisotopic (exact) mass is 313 g/mol. The number of carbonyl (C=O) groups is 1. The molecular formula is C12H12FN3O4S. The summed E-state index contributed by atoms with van der Waals surface area (Å²) in [6, 6.07) is 3.96. The Morgan fingerprint density at radius 1 is 1.38 bits per heavy atom. The number of halogens is 1. The van der Waals surface area contributed by atoms with Crippen molar-refractivity contribution in [2.45, 2.75) is 18.7 Å². The second-order valence-corrected chi connectivity index (χ2v) is 6.04. The highest BCUT2D eigenvalue weighted by atomic mass is 32.2. The third kappa shape index (κ3) is 2.87. The number of anilines is 1. The van der Waals surface area contributed by atoms with E-state index < -0.39 is 32.4 Å². The fourth-order valence-electron chi connectivity index (χ4n) is 1.79. The van der Waals surface area contributed by atoms with Gasteiger partial charge in [0.1, 0.15) is 10.7 Å². The van der Waals surface area contributed by atoms with Gasteiger partial charge in [0.15, 0.2) is 5.69 Å². The maximum Gasteiger partial charge on any atom is 0.357 e. The van der Waals surface area contributed by atoms with Crippen LogP contribution in [0.4, 0.5) is 10.1 Å². The van der Waals surface area contributed by atoms with Crippen LogP contribution in [0.25, 0.3) is 0 Å². The van der Waals surface area contributed by atoms with Crippen molar-refractivity contribution in [3.8, 4) is 0 Å². The van der Waals surface area contributed by atoms with Crippen molar-refractivity contribution in [2.24, 2.45) is 0 Å². The topological polar surface area (TPSA) is 112 Å². The molecule has 112 valence electrons. The van der Waals surface area contributed by atoms with Crippen LogP contribution in [0, 0.1) is 19.7 Å². The molecule has 0 aliphatic rings. The van der Waals surface area contributed by atoms with Gasteiger partial charge < -0.3 is 5.11 Å². The normalized spacial score (nSPS) is 11.4. The molecule has 0 unspecified atom stereocenters. The van der Waals surface area contributed by atoms with Crippen LogP contribution < -0.4 is 4.72 Å². The number of nitrogens with zero attached hydrogens (tertiary/aromatic N) is 1. The molecule has 1 aromatic heterocycles. The van der Waals surface area contributed by atoms with E-state index in [1.54, 1.807) is 6.92 Å². The van der Waals surface area contributed by atoms with Gasteiger partial charge in [0, 0.05) is 0 Å². The quantitative estimate of drug-likeness (QED) is 0.794. The van der Waals surface area contributed by atoms with Gasteiger partial charge in [0.05, 0.1) is 11.4 Å². The largest absolute Gasteiger partial charge is 0.476 e. The molecular weight excluding hydrogens is 301 g/mol. The van der Waals surface area contributed by atoms with Gasteiger partial charge in [-0.2, -0.15) is 5.10 Å². The smallest absolute Gasteiger partial charge is 0.357 e. The molecule has 0 fully saturated rings. The summed E-state index contributed by atoms with van der Waals surface area (Å²) >= 11 is 0. The first-order chi connectivity index (χ1) is 9.72. The molecule has 0 saturated heterocycles. The Hall–Kier alpha value is -2.42. The molecule has 0 aliphatic heterocycles. The number of hydrogen-bond donors (Lipinski definition) is 3. The maximum absolute atomic E-state index is 13.7. The third-order valence-corrected chi connectivity index (χ3v) is 4.26. The number of nitrogens with one attached hydrogen (secondary N) is 2. The second kappa shape index (κ2) is 5.17. The van der Waals surface area contributed by atoms with Crippen LogP contribution in [-0.4, -0.2) is 29.7 Å². The van der Waals surface area contributed by atoms with E-state index in [9.17, 15) is 17.6 Å². The number of aromatic nitrogens is 2. The summed E-state index contributed by atoms with van der Waals surface area (Å²) in [6.07, 6.45) is 0. The molecule has 7 nitrogen and oxygen atoms in total. The fourth-order valence-corrected chi connectivity index (χ4v) is 3.18. The lowest BCUT2D eigenvalue weighted by molar-refractivity contribution is 0.0686. The van der Waals surface area contributed by atoms with E-state index in [1.807, 2.05) is 4.72 Å². The van der Waals surface area contributed by atoms with Gasteiger partial charge in [-0.25, -0.2) is 17.6 Å². The number of hydrogen-bond acceptors (Lipinski definition) is 4. The van der Waals surface area contributed by atoms with Gasteiger partial charge >= 0.3 is 5.97 Å². The zero-order chi connectivity index (χ0) is 15.8. The minimum Gasteiger partial charge on any atom is -0.476 e. The minimum absolute atomic E-state index is 0.0485. The molecule has 2 rings (SSSR count). The van der Waals surface area contributed by atoms with E-state index in [4.69, 9.17) is 5.11 Å². The molecule has 0 atom stereocenters. The summed E-state index contributed by atoms with van der Waals surface area (Å²) in [5.41, 5.74) is -0.237. The zero-order valence-corrected chi connectivity index (χ0v) is 12.0. The Morgan fingerprint density at radius 2 is 2.05 bits per heavy atom. The molecule has 0 saturated carbocycles. The number of sulfonamides is 1. The standard InChI is InChI=1S/C12H12FN3O4S/c1-6-3-4-9(8(13)5-6)16-21(19,20)11-7(2)14-15-10(11)12(17)18/h3-5,16H,1-2H3,(H,14,15)(H,17,18). The Labute approximate surface area is 119 Å². The molecule has 21 heavy (non-hydrogen) atoms. The summed E-state index contributed by atoms with van der Waals surface area (Å²) in [7, 11) is -4.28. The van der Waals surface area contributed by atoms with Crippen molar-refractivity contribution in [2.75, 3.05) is 4.72 Å². The number of aromatic carboxylic acids is 1. The van der Waals surface area contributed by atoms with E-state index in [0.717, 1.165) is 6.07 Å². The number of aromatic amines is 1. The first-order valence-corrected chi connectivity index (χ1v) is 7.28. The highest BCUT2D eigenvalue weighted by Gasteiger charge is 2.28. The lowest BCUT2D eigenvalue weighted by atomic mass is 10.2. The molecule has 0 bridgehead atoms.